The fourth-order valence-electron chi connectivity index (χ4n) is 1.23. The second-order valence-corrected chi connectivity index (χ2v) is 4.60. The molecule has 0 fully saturated rings. The average Bonchev–Trinajstić information content (AvgIpc) is 2.28. The molecule has 0 spiro atoms. The lowest BCUT2D eigenvalue weighted by Crippen LogP contribution is -2.22. The Hall–Kier alpha value is -1.27. The lowest BCUT2D eigenvalue weighted by molar-refractivity contribution is -0.276. The molecule has 0 aliphatic rings. The molecule has 0 radical (unpaired) electrons. The molecule has 0 aromatic carbocycles. The molecule has 0 unspecified atom stereocenters. The smallest absolute Gasteiger partial charge is 0.462 e. The number of esters is 1. The molecule has 1 heterocycles. The Morgan fingerprint density at radius 1 is 1.29 bits per heavy atom. The minimum Gasteiger partial charge on any atom is -0.462 e. The van der Waals surface area contributed by atoms with Crippen LogP contribution >= 0.6 is 22.6 Å². The topological polar surface area (TPSA) is 48.4 Å². The second kappa shape index (κ2) is 6.23. The van der Waals surface area contributed by atoms with Crippen LogP contribution < -0.4 is 4.74 Å². The first-order valence-corrected chi connectivity index (χ1v) is 6.24. The number of hydrogen-bond acceptors (Lipinski definition) is 4. The fourth-order valence-corrected chi connectivity index (χ4v) is 1.78. The van der Waals surface area contributed by atoms with Gasteiger partial charge in [0, 0.05) is 0 Å². The number of carbonyl (C=O) groups excluding carboxylic acids is 1. The largest absolute Gasteiger partial charge is 0.574 e. The summed E-state index contributed by atoms with van der Waals surface area (Å²) in [5.74, 6) is -2.63. The number of hydrogen-bond donors (Lipinski definition) is 0. The summed E-state index contributed by atoms with van der Waals surface area (Å²) in [5, 5.41) is 0. The molecule has 11 heteroatoms. The number of alkyl halides is 6. The van der Waals surface area contributed by atoms with Crippen LogP contribution in [0.3, 0.4) is 0 Å². The zero-order valence-corrected chi connectivity index (χ0v) is 12.3. The van der Waals surface area contributed by atoms with Crippen molar-refractivity contribution in [2.45, 2.75) is 19.5 Å². The van der Waals surface area contributed by atoms with Crippen LogP contribution in [0.5, 0.6) is 5.88 Å². The van der Waals surface area contributed by atoms with E-state index in [1.165, 1.54) is 29.5 Å². The van der Waals surface area contributed by atoms with Crippen LogP contribution in [0.1, 0.15) is 23.0 Å². The van der Waals surface area contributed by atoms with E-state index in [1.807, 2.05) is 0 Å². The number of pyridine rings is 1. The van der Waals surface area contributed by atoms with Gasteiger partial charge in [-0.25, -0.2) is 9.78 Å². The predicted octanol–water partition coefficient (Wildman–Crippen LogP) is 3.78. The Bertz CT molecular complexity index is 543. The van der Waals surface area contributed by atoms with Crippen molar-refractivity contribution in [1.29, 1.82) is 0 Å². The van der Waals surface area contributed by atoms with Crippen LogP contribution in [0.2, 0.25) is 0 Å². The molecule has 0 saturated heterocycles. The second-order valence-electron chi connectivity index (χ2n) is 3.44. The van der Waals surface area contributed by atoms with E-state index in [0.717, 1.165) is 0 Å². The summed E-state index contributed by atoms with van der Waals surface area (Å²) in [7, 11) is 0. The lowest BCUT2D eigenvalue weighted by atomic mass is 10.2. The van der Waals surface area contributed by atoms with Gasteiger partial charge in [0.15, 0.2) is 5.69 Å². The molecule has 0 N–H and O–H groups in total. The molecule has 0 atom stereocenters. The normalized spacial score (nSPS) is 12.2. The monoisotopic (exact) mass is 429 g/mol. The van der Waals surface area contributed by atoms with E-state index < -0.39 is 39.2 Å². The molecule has 118 valence electrons. The van der Waals surface area contributed by atoms with Crippen molar-refractivity contribution in [3.63, 3.8) is 0 Å². The van der Waals surface area contributed by atoms with Crippen LogP contribution in [-0.4, -0.2) is 23.9 Å². The van der Waals surface area contributed by atoms with Crippen LogP contribution in [0.15, 0.2) is 6.07 Å². The third-order valence-electron chi connectivity index (χ3n) is 1.92. The third-order valence-corrected chi connectivity index (χ3v) is 2.69. The molecule has 0 saturated carbocycles. The number of halogens is 7. The average molecular weight is 429 g/mol. The summed E-state index contributed by atoms with van der Waals surface area (Å²) in [5.41, 5.74) is -2.79. The molecule has 1 aromatic rings. The first kappa shape index (κ1) is 17.8. The van der Waals surface area contributed by atoms with Gasteiger partial charge in [-0.1, -0.05) is 0 Å². The van der Waals surface area contributed by atoms with Gasteiger partial charge in [0.05, 0.1) is 15.7 Å². The molecular formula is C10H6F6INO3. The van der Waals surface area contributed by atoms with E-state index in [0.29, 0.717) is 6.07 Å². The Morgan fingerprint density at radius 3 is 2.29 bits per heavy atom. The van der Waals surface area contributed by atoms with Crippen LogP contribution in [0.4, 0.5) is 26.3 Å². The van der Waals surface area contributed by atoms with E-state index in [9.17, 15) is 31.1 Å². The lowest BCUT2D eigenvalue weighted by Gasteiger charge is -2.15. The number of aromatic nitrogens is 1. The van der Waals surface area contributed by atoms with Crippen molar-refractivity contribution >= 4 is 28.6 Å². The molecule has 21 heavy (non-hydrogen) atoms. The zero-order chi connectivity index (χ0) is 16.4. The minimum atomic E-state index is -5.21. The molecular weight excluding hydrogens is 423 g/mol. The first-order valence-electron chi connectivity index (χ1n) is 5.16. The van der Waals surface area contributed by atoms with Gasteiger partial charge in [-0.2, -0.15) is 13.2 Å². The summed E-state index contributed by atoms with van der Waals surface area (Å²) in [4.78, 5) is 14.2. The zero-order valence-electron chi connectivity index (χ0n) is 10.1. The van der Waals surface area contributed by atoms with Crippen molar-refractivity contribution < 1.29 is 40.6 Å². The van der Waals surface area contributed by atoms with Gasteiger partial charge in [-0.05, 0) is 35.6 Å². The van der Waals surface area contributed by atoms with E-state index in [4.69, 9.17) is 0 Å². The van der Waals surface area contributed by atoms with Gasteiger partial charge < -0.3 is 9.47 Å². The minimum absolute atomic E-state index is 0.201. The van der Waals surface area contributed by atoms with Gasteiger partial charge >= 0.3 is 18.5 Å². The van der Waals surface area contributed by atoms with Crippen molar-refractivity contribution in [3.8, 4) is 5.88 Å². The molecule has 0 amide bonds. The van der Waals surface area contributed by atoms with Gasteiger partial charge in [0.2, 0.25) is 5.88 Å². The number of carbonyl (C=O) groups is 1. The van der Waals surface area contributed by atoms with Crippen molar-refractivity contribution in [3.05, 3.63) is 20.9 Å². The molecule has 0 bridgehead atoms. The summed E-state index contributed by atoms with van der Waals surface area (Å²) in [6.07, 6.45) is -10.3. The Morgan fingerprint density at radius 2 is 1.86 bits per heavy atom. The molecule has 0 aliphatic heterocycles. The van der Waals surface area contributed by atoms with Gasteiger partial charge in [0.1, 0.15) is 0 Å². The van der Waals surface area contributed by atoms with Crippen molar-refractivity contribution in [2.24, 2.45) is 0 Å². The quantitative estimate of drug-likeness (QED) is 0.417. The summed E-state index contributed by atoms with van der Waals surface area (Å²) in [6, 6.07) is 0.579. The maximum Gasteiger partial charge on any atom is 0.574 e. The Kier molecular flexibility index (Phi) is 5.28. The number of ether oxygens (including phenoxy) is 2. The van der Waals surface area contributed by atoms with Crippen LogP contribution in [-0.2, 0) is 10.9 Å². The highest BCUT2D eigenvalue weighted by molar-refractivity contribution is 14.1. The van der Waals surface area contributed by atoms with Crippen molar-refractivity contribution in [1.82, 2.24) is 4.98 Å². The predicted molar refractivity (Wildman–Crippen MR) is 64.6 cm³/mol. The standard InChI is InChI=1S/C10H6F6INO3/c1-2-20-8(19)4-3-5(17)7(21-10(14,15)16)18-6(4)9(11,12)13/h3H,2H2,1H3. The number of nitrogens with zero attached hydrogens (tertiary/aromatic N) is 1. The van der Waals surface area contributed by atoms with Gasteiger partial charge in [-0.15, -0.1) is 13.2 Å². The first-order chi connectivity index (χ1) is 9.45. The Balaban J connectivity index is 3.40. The van der Waals surface area contributed by atoms with E-state index >= 15 is 0 Å². The maximum atomic E-state index is 12.8. The summed E-state index contributed by atoms with van der Waals surface area (Å²) >= 11 is 1.27. The van der Waals surface area contributed by atoms with Crippen LogP contribution in [0, 0.1) is 3.57 Å². The summed E-state index contributed by atoms with van der Waals surface area (Å²) < 4.78 is 82.0. The third kappa shape index (κ3) is 4.89. The summed E-state index contributed by atoms with van der Waals surface area (Å²) in [6.45, 7) is 1.16. The van der Waals surface area contributed by atoms with Gasteiger partial charge in [-0.3, -0.25) is 0 Å². The van der Waals surface area contributed by atoms with Gasteiger partial charge in [0.25, 0.3) is 0 Å². The highest BCUT2D eigenvalue weighted by atomic mass is 127. The maximum absolute atomic E-state index is 12.8. The molecule has 1 rings (SSSR count). The number of rotatable bonds is 3. The molecule has 1 aromatic heterocycles. The SMILES string of the molecule is CCOC(=O)c1cc(I)c(OC(F)(F)F)nc1C(F)(F)F. The van der Waals surface area contributed by atoms with Crippen LogP contribution in [0.25, 0.3) is 0 Å². The highest BCUT2D eigenvalue weighted by Crippen LogP contribution is 2.35. The van der Waals surface area contributed by atoms with Crippen molar-refractivity contribution in [2.75, 3.05) is 6.61 Å². The van der Waals surface area contributed by atoms with E-state index in [-0.39, 0.29) is 6.61 Å². The highest BCUT2D eigenvalue weighted by Gasteiger charge is 2.41. The van der Waals surface area contributed by atoms with E-state index in [2.05, 4.69) is 14.5 Å². The fraction of sp³-hybridized carbons (Fsp3) is 0.400. The Labute approximate surface area is 127 Å². The van der Waals surface area contributed by atoms with E-state index in [1.54, 1.807) is 0 Å². The molecule has 0 aliphatic carbocycles. The molecule has 4 nitrogen and oxygen atoms in total.